The van der Waals surface area contributed by atoms with Gasteiger partial charge >= 0.3 is 6.03 Å². The highest BCUT2D eigenvalue weighted by Crippen LogP contribution is 2.12. The zero-order valence-electron chi connectivity index (χ0n) is 15.1. The van der Waals surface area contributed by atoms with E-state index in [1.54, 1.807) is 12.4 Å². The van der Waals surface area contributed by atoms with Crippen molar-refractivity contribution in [1.29, 1.82) is 0 Å². The number of aromatic nitrogens is 1. The summed E-state index contributed by atoms with van der Waals surface area (Å²) >= 11 is 0. The van der Waals surface area contributed by atoms with E-state index < -0.39 is 0 Å². The van der Waals surface area contributed by atoms with Crippen molar-refractivity contribution in [2.24, 2.45) is 0 Å². The maximum Gasteiger partial charge on any atom is 0.315 e. The molecule has 0 bridgehead atoms. The number of carbonyl (C=O) groups is 1. The third kappa shape index (κ3) is 5.82. The Morgan fingerprint density at radius 3 is 2.65 bits per heavy atom. The van der Waals surface area contributed by atoms with Gasteiger partial charge in [-0.1, -0.05) is 24.3 Å². The molecule has 2 heterocycles. The van der Waals surface area contributed by atoms with Gasteiger partial charge in [0.25, 0.3) is 0 Å². The molecule has 138 valence electrons. The number of benzene rings is 1. The Morgan fingerprint density at radius 2 is 1.88 bits per heavy atom. The van der Waals surface area contributed by atoms with Crippen molar-refractivity contribution in [3.8, 4) is 0 Å². The predicted molar refractivity (Wildman–Crippen MR) is 100 cm³/mol. The van der Waals surface area contributed by atoms with Crippen LogP contribution < -0.4 is 10.6 Å². The quantitative estimate of drug-likeness (QED) is 0.835. The van der Waals surface area contributed by atoms with Crippen LogP contribution in [0.1, 0.15) is 23.6 Å². The molecule has 1 aromatic carbocycles. The molecule has 26 heavy (non-hydrogen) atoms. The van der Waals surface area contributed by atoms with Crippen LogP contribution in [0.25, 0.3) is 0 Å². The largest absolute Gasteiger partial charge is 0.376 e. The van der Waals surface area contributed by atoms with Gasteiger partial charge in [0.15, 0.2) is 0 Å². The molecular weight excluding hydrogens is 328 g/mol. The van der Waals surface area contributed by atoms with E-state index >= 15 is 0 Å². The minimum absolute atomic E-state index is 0.172. The number of carbonyl (C=O) groups excluding carboxylic acids is 1. The van der Waals surface area contributed by atoms with Gasteiger partial charge in [-0.05, 0) is 35.7 Å². The molecule has 1 atom stereocenters. The van der Waals surface area contributed by atoms with Crippen LogP contribution in [0.3, 0.4) is 0 Å². The van der Waals surface area contributed by atoms with E-state index in [4.69, 9.17) is 4.74 Å². The number of urea groups is 1. The maximum atomic E-state index is 12.0. The predicted octanol–water partition coefficient (Wildman–Crippen LogP) is 2.30. The zero-order valence-corrected chi connectivity index (χ0v) is 15.1. The summed E-state index contributed by atoms with van der Waals surface area (Å²) < 4.78 is 5.59. The Labute approximate surface area is 154 Å². The fraction of sp³-hybridized carbons (Fsp3) is 0.400. The number of hydrogen-bond acceptors (Lipinski definition) is 4. The van der Waals surface area contributed by atoms with Crippen LogP contribution in [0.15, 0.2) is 48.8 Å². The van der Waals surface area contributed by atoms with Gasteiger partial charge in [-0.25, -0.2) is 4.79 Å². The monoisotopic (exact) mass is 354 g/mol. The number of nitrogens with one attached hydrogen (secondary N) is 2. The van der Waals surface area contributed by atoms with E-state index in [-0.39, 0.29) is 12.1 Å². The summed E-state index contributed by atoms with van der Waals surface area (Å²) in [6, 6.07) is 12.0. The third-order valence-corrected chi connectivity index (χ3v) is 4.38. The van der Waals surface area contributed by atoms with Crippen molar-refractivity contribution in [2.45, 2.75) is 32.7 Å². The van der Waals surface area contributed by atoms with Crippen LogP contribution >= 0.6 is 0 Å². The summed E-state index contributed by atoms with van der Waals surface area (Å²) in [5.41, 5.74) is 3.38. The highest BCUT2D eigenvalue weighted by Gasteiger charge is 2.16. The Morgan fingerprint density at radius 1 is 1.15 bits per heavy atom. The molecule has 1 aromatic heterocycles. The standard InChI is InChI=1S/C20H26N4O2/c1-16-14-24(9-10-26-16)15-19-4-2-3-18(11-19)13-23-20(25)22-12-17-5-7-21-8-6-17/h2-8,11,16H,9-10,12-15H2,1H3,(H2,22,23,25). The van der Waals surface area contributed by atoms with Crippen molar-refractivity contribution < 1.29 is 9.53 Å². The first-order valence-electron chi connectivity index (χ1n) is 9.01. The van der Waals surface area contributed by atoms with Crippen molar-refractivity contribution in [3.05, 3.63) is 65.5 Å². The first-order chi connectivity index (χ1) is 12.7. The lowest BCUT2D eigenvalue weighted by Gasteiger charge is -2.31. The van der Waals surface area contributed by atoms with Gasteiger partial charge in [0, 0.05) is 45.1 Å². The van der Waals surface area contributed by atoms with Crippen LogP contribution in [-0.4, -0.2) is 41.7 Å². The number of rotatable bonds is 6. The van der Waals surface area contributed by atoms with Crippen molar-refractivity contribution in [1.82, 2.24) is 20.5 Å². The molecule has 0 radical (unpaired) electrons. The van der Waals surface area contributed by atoms with E-state index in [1.807, 2.05) is 24.3 Å². The second-order valence-corrected chi connectivity index (χ2v) is 6.63. The molecule has 2 aromatic rings. The van der Waals surface area contributed by atoms with Crippen LogP contribution in [0, 0.1) is 0 Å². The van der Waals surface area contributed by atoms with Crippen molar-refractivity contribution in [2.75, 3.05) is 19.7 Å². The summed E-state index contributed by atoms with van der Waals surface area (Å²) in [6.07, 6.45) is 3.73. The summed E-state index contributed by atoms with van der Waals surface area (Å²) in [5.74, 6) is 0. The first-order valence-corrected chi connectivity index (χ1v) is 9.01. The van der Waals surface area contributed by atoms with Gasteiger partial charge in [0.1, 0.15) is 0 Å². The molecule has 0 aliphatic carbocycles. The Kier molecular flexibility index (Phi) is 6.57. The lowest BCUT2D eigenvalue weighted by molar-refractivity contribution is -0.0212. The summed E-state index contributed by atoms with van der Waals surface area (Å²) in [6.45, 7) is 6.73. The van der Waals surface area contributed by atoms with Crippen LogP contribution in [0.2, 0.25) is 0 Å². The molecule has 0 saturated carbocycles. The Hall–Kier alpha value is -2.44. The van der Waals surface area contributed by atoms with Gasteiger partial charge < -0.3 is 15.4 Å². The zero-order chi connectivity index (χ0) is 18.2. The van der Waals surface area contributed by atoms with Crippen LogP contribution in [0.5, 0.6) is 0 Å². The van der Waals surface area contributed by atoms with E-state index in [2.05, 4.69) is 39.6 Å². The number of morpholine rings is 1. The summed E-state index contributed by atoms with van der Waals surface area (Å²) in [4.78, 5) is 18.3. The SMILES string of the molecule is CC1CN(Cc2cccc(CNC(=O)NCc3ccncc3)c2)CCO1. The molecule has 1 unspecified atom stereocenters. The summed E-state index contributed by atoms with van der Waals surface area (Å²) in [5, 5.41) is 5.76. The van der Waals surface area contributed by atoms with Crippen molar-refractivity contribution in [3.63, 3.8) is 0 Å². The van der Waals surface area contributed by atoms with E-state index in [0.717, 1.165) is 37.4 Å². The lowest BCUT2D eigenvalue weighted by atomic mass is 10.1. The van der Waals surface area contributed by atoms with Gasteiger partial charge in [-0.3, -0.25) is 9.88 Å². The normalized spacial score (nSPS) is 17.7. The first kappa shape index (κ1) is 18.4. The van der Waals surface area contributed by atoms with E-state index in [0.29, 0.717) is 13.1 Å². The Balaban J connectivity index is 1.45. The minimum atomic E-state index is -0.172. The fourth-order valence-electron chi connectivity index (χ4n) is 3.06. The minimum Gasteiger partial charge on any atom is -0.376 e. The van der Waals surface area contributed by atoms with E-state index in [9.17, 15) is 4.79 Å². The second-order valence-electron chi connectivity index (χ2n) is 6.63. The Bertz CT molecular complexity index is 708. The molecule has 6 heteroatoms. The molecule has 3 rings (SSSR count). The molecule has 1 saturated heterocycles. The van der Waals surface area contributed by atoms with Gasteiger partial charge in [-0.2, -0.15) is 0 Å². The fourth-order valence-corrected chi connectivity index (χ4v) is 3.06. The third-order valence-electron chi connectivity index (χ3n) is 4.38. The summed E-state index contributed by atoms with van der Waals surface area (Å²) in [7, 11) is 0. The number of amides is 2. The molecule has 6 nitrogen and oxygen atoms in total. The molecule has 1 fully saturated rings. The number of hydrogen-bond donors (Lipinski definition) is 2. The van der Waals surface area contributed by atoms with Gasteiger partial charge in [0.05, 0.1) is 12.7 Å². The molecule has 2 amide bonds. The van der Waals surface area contributed by atoms with Crippen LogP contribution in [0.4, 0.5) is 4.79 Å². The molecule has 0 spiro atoms. The molecule has 2 N–H and O–H groups in total. The molecule has 1 aliphatic rings. The van der Waals surface area contributed by atoms with Gasteiger partial charge in [0.2, 0.25) is 0 Å². The number of ether oxygens (including phenoxy) is 1. The van der Waals surface area contributed by atoms with Crippen molar-refractivity contribution >= 4 is 6.03 Å². The smallest absolute Gasteiger partial charge is 0.315 e. The van der Waals surface area contributed by atoms with E-state index in [1.165, 1.54) is 5.56 Å². The molecule has 1 aliphatic heterocycles. The topological polar surface area (TPSA) is 66.5 Å². The highest BCUT2D eigenvalue weighted by molar-refractivity contribution is 5.73. The average molecular weight is 354 g/mol. The molecular formula is C20H26N4O2. The maximum absolute atomic E-state index is 12.0. The highest BCUT2D eigenvalue weighted by atomic mass is 16.5. The second kappa shape index (κ2) is 9.31. The van der Waals surface area contributed by atoms with Crippen LogP contribution in [-0.2, 0) is 24.4 Å². The number of pyridine rings is 1. The average Bonchev–Trinajstić information content (AvgIpc) is 2.66. The van der Waals surface area contributed by atoms with Gasteiger partial charge in [-0.15, -0.1) is 0 Å². The number of nitrogens with zero attached hydrogens (tertiary/aromatic N) is 2. The lowest BCUT2D eigenvalue weighted by Crippen LogP contribution is -2.40.